The molecule has 3 aromatic rings. The fourth-order valence-electron chi connectivity index (χ4n) is 3.27. The molecule has 0 radical (unpaired) electrons. The molecule has 0 saturated carbocycles. The number of benzene rings is 1. The van der Waals surface area contributed by atoms with Gasteiger partial charge in [0.1, 0.15) is 12.2 Å². The van der Waals surface area contributed by atoms with Crippen molar-refractivity contribution >= 4 is 28.6 Å². The summed E-state index contributed by atoms with van der Waals surface area (Å²) in [5.74, 6) is 1.44. The molecule has 7 heteroatoms. The highest BCUT2D eigenvalue weighted by Gasteiger charge is 2.17. The van der Waals surface area contributed by atoms with Gasteiger partial charge in [-0.1, -0.05) is 6.42 Å². The van der Waals surface area contributed by atoms with Crippen LogP contribution in [0.15, 0.2) is 30.6 Å². The molecule has 0 amide bonds. The molecule has 3 heterocycles. The minimum Gasteiger partial charge on any atom is -0.462 e. The summed E-state index contributed by atoms with van der Waals surface area (Å²) >= 11 is 0. The van der Waals surface area contributed by atoms with Crippen LogP contribution in [0.5, 0.6) is 0 Å². The molecule has 1 N–H and O–H groups in total. The van der Waals surface area contributed by atoms with Crippen molar-refractivity contribution in [3.63, 3.8) is 0 Å². The summed E-state index contributed by atoms with van der Waals surface area (Å²) < 4.78 is 7.22. The molecular formula is C19H21N5O2. The summed E-state index contributed by atoms with van der Waals surface area (Å²) in [6.45, 7) is 3.11. The lowest BCUT2D eigenvalue weighted by molar-refractivity contribution is 0.0526. The van der Waals surface area contributed by atoms with Crippen LogP contribution >= 0.6 is 0 Å². The fourth-order valence-corrected chi connectivity index (χ4v) is 3.27. The van der Waals surface area contributed by atoms with E-state index in [2.05, 4.69) is 19.9 Å². The van der Waals surface area contributed by atoms with E-state index >= 15 is 0 Å². The van der Waals surface area contributed by atoms with Gasteiger partial charge >= 0.3 is 5.97 Å². The molecule has 26 heavy (non-hydrogen) atoms. The molecule has 2 aromatic heterocycles. The van der Waals surface area contributed by atoms with E-state index in [1.807, 2.05) is 12.1 Å². The zero-order valence-corrected chi connectivity index (χ0v) is 14.7. The number of anilines is 2. The lowest BCUT2D eigenvalue weighted by Gasteiger charge is -2.07. The Morgan fingerprint density at radius 3 is 2.85 bits per heavy atom. The third kappa shape index (κ3) is 3.12. The van der Waals surface area contributed by atoms with Crippen LogP contribution in [-0.4, -0.2) is 32.1 Å². The standard InChI is InChI=1S/C19H21N5O2/c1-2-26-19(25)13-7-9-14(10-8-13)22-17-16-18(21-12-20-17)24-11-5-3-4-6-15(24)23-16/h7-10,12H,2-6,11H2,1H3,(H,20,21,22). The van der Waals surface area contributed by atoms with Gasteiger partial charge in [-0.2, -0.15) is 0 Å². The molecule has 7 nitrogen and oxygen atoms in total. The van der Waals surface area contributed by atoms with E-state index in [1.54, 1.807) is 25.4 Å². The topological polar surface area (TPSA) is 81.9 Å². The summed E-state index contributed by atoms with van der Waals surface area (Å²) in [5.41, 5.74) is 3.03. The van der Waals surface area contributed by atoms with Crippen molar-refractivity contribution in [3.05, 3.63) is 42.0 Å². The number of nitrogens with one attached hydrogen (secondary N) is 1. The number of ether oxygens (including phenoxy) is 1. The second-order valence-electron chi connectivity index (χ2n) is 6.31. The van der Waals surface area contributed by atoms with Crippen molar-refractivity contribution in [1.29, 1.82) is 0 Å². The van der Waals surface area contributed by atoms with Crippen LogP contribution in [0.3, 0.4) is 0 Å². The summed E-state index contributed by atoms with van der Waals surface area (Å²) in [7, 11) is 0. The van der Waals surface area contributed by atoms with Crippen LogP contribution in [0.25, 0.3) is 11.2 Å². The first-order valence-corrected chi connectivity index (χ1v) is 9.00. The van der Waals surface area contributed by atoms with Gasteiger partial charge in [-0.25, -0.2) is 19.7 Å². The van der Waals surface area contributed by atoms with Crippen LogP contribution in [0.1, 0.15) is 42.4 Å². The molecule has 0 bridgehead atoms. The Labute approximate surface area is 151 Å². The molecule has 134 valence electrons. The number of hydrogen-bond acceptors (Lipinski definition) is 6. The quantitative estimate of drug-likeness (QED) is 0.725. The molecule has 0 fully saturated rings. The summed E-state index contributed by atoms with van der Waals surface area (Å²) in [6, 6.07) is 7.14. The molecule has 0 atom stereocenters. The SMILES string of the molecule is CCOC(=O)c1ccc(Nc2ncnc3c2nc2n3CCCCC2)cc1. The number of esters is 1. The van der Waals surface area contributed by atoms with Crippen LogP contribution in [0.2, 0.25) is 0 Å². The highest BCUT2D eigenvalue weighted by molar-refractivity contribution is 5.90. The summed E-state index contributed by atoms with van der Waals surface area (Å²) in [6.07, 6.45) is 6.09. The number of rotatable bonds is 4. The van der Waals surface area contributed by atoms with Crippen molar-refractivity contribution in [2.45, 2.75) is 39.2 Å². The second-order valence-corrected chi connectivity index (χ2v) is 6.31. The molecule has 1 aliphatic rings. The number of nitrogens with zero attached hydrogens (tertiary/aromatic N) is 4. The van der Waals surface area contributed by atoms with Gasteiger partial charge in [0.15, 0.2) is 17.0 Å². The van der Waals surface area contributed by atoms with Gasteiger partial charge in [0.25, 0.3) is 0 Å². The van der Waals surface area contributed by atoms with Crippen molar-refractivity contribution < 1.29 is 9.53 Å². The summed E-state index contributed by atoms with van der Waals surface area (Å²) in [5, 5.41) is 3.29. The van der Waals surface area contributed by atoms with Gasteiger partial charge in [-0.3, -0.25) is 0 Å². The first-order chi connectivity index (χ1) is 12.8. The van der Waals surface area contributed by atoms with Crippen LogP contribution in [0, 0.1) is 0 Å². The summed E-state index contributed by atoms with van der Waals surface area (Å²) in [4.78, 5) is 25.3. The van der Waals surface area contributed by atoms with Crippen molar-refractivity contribution in [2.24, 2.45) is 0 Å². The highest BCUT2D eigenvalue weighted by Crippen LogP contribution is 2.26. The van der Waals surface area contributed by atoms with Crippen molar-refractivity contribution in [2.75, 3.05) is 11.9 Å². The van der Waals surface area contributed by atoms with Gasteiger partial charge in [0.05, 0.1) is 12.2 Å². The van der Waals surface area contributed by atoms with Crippen LogP contribution in [0.4, 0.5) is 11.5 Å². The molecule has 4 rings (SSSR count). The van der Waals surface area contributed by atoms with Gasteiger partial charge in [0, 0.05) is 18.7 Å². The predicted octanol–water partition coefficient (Wildman–Crippen LogP) is 3.47. The molecule has 1 aliphatic heterocycles. The van der Waals surface area contributed by atoms with Crippen molar-refractivity contribution in [3.8, 4) is 0 Å². The van der Waals surface area contributed by atoms with Gasteiger partial charge in [-0.05, 0) is 44.0 Å². The Morgan fingerprint density at radius 2 is 2.04 bits per heavy atom. The Balaban J connectivity index is 1.62. The van der Waals surface area contributed by atoms with E-state index < -0.39 is 0 Å². The molecule has 0 aliphatic carbocycles. The Morgan fingerprint density at radius 1 is 1.19 bits per heavy atom. The number of carbonyl (C=O) groups is 1. The number of imidazole rings is 1. The molecule has 0 saturated heterocycles. The first-order valence-electron chi connectivity index (χ1n) is 9.00. The fraction of sp³-hybridized carbons (Fsp3) is 0.368. The second kappa shape index (κ2) is 7.11. The number of carbonyl (C=O) groups excluding carboxylic acids is 1. The molecule has 0 spiro atoms. The van der Waals surface area contributed by atoms with E-state index in [4.69, 9.17) is 9.72 Å². The monoisotopic (exact) mass is 351 g/mol. The van der Waals surface area contributed by atoms with E-state index in [0.29, 0.717) is 18.0 Å². The van der Waals surface area contributed by atoms with Crippen LogP contribution < -0.4 is 5.32 Å². The zero-order valence-electron chi connectivity index (χ0n) is 14.7. The number of aromatic nitrogens is 4. The maximum Gasteiger partial charge on any atom is 0.338 e. The highest BCUT2D eigenvalue weighted by atomic mass is 16.5. The Kier molecular flexibility index (Phi) is 4.51. The third-order valence-electron chi connectivity index (χ3n) is 4.55. The van der Waals surface area contributed by atoms with Crippen LogP contribution in [-0.2, 0) is 17.7 Å². The predicted molar refractivity (Wildman–Crippen MR) is 98.6 cm³/mol. The maximum atomic E-state index is 11.8. The average molecular weight is 351 g/mol. The first kappa shape index (κ1) is 16.5. The molecule has 1 aromatic carbocycles. The lowest BCUT2D eigenvalue weighted by Crippen LogP contribution is -2.04. The Bertz CT molecular complexity index is 933. The zero-order chi connectivity index (χ0) is 17.9. The minimum atomic E-state index is -0.318. The number of fused-ring (bicyclic) bond motifs is 3. The van der Waals surface area contributed by atoms with E-state index in [-0.39, 0.29) is 5.97 Å². The minimum absolute atomic E-state index is 0.318. The number of hydrogen-bond donors (Lipinski definition) is 1. The smallest absolute Gasteiger partial charge is 0.338 e. The van der Waals surface area contributed by atoms with Crippen molar-refractivity contribution in [1.82, 2.24) is 19.5 Å². The number of aryl methyl sites for hydroxylation is 2. The van der Waals surface area contributed by atoms with Gasteiger partial charge in [0.2, 0.25) is 0 Å². The Hall–Kier alpha value is -2.96. The lowest BCUT2D eigenvalue weighted by atomic mass is 10.2. The largest absolute Gasteiger partial charge is 0.462 e. The van der Waals surface area contributed by atoms with Gasteiger partial charge in [-0.15, -0.1) is 0 Å². The average Bonchev–Trinajstić information content (AvgIpc) is 2.85. The molecular weight excluding hydrogens is 330 g/mol. The van der Waals surface area contributed by atoms with E-state index in [9.17, 15) is 4.79 Å². The molecule has 0 unspecified atom stereocenters. The van der Waals surface area contributed by atoms with Gasteiger partial charge < -0.3 is 14.6 Å². The normalized spacial score (nSPS) is 13.9. The van der Waals surface area contributed by atoms with E-state index in [1.165, 1.54) is 6.42 Å². The van der Waals surface area contributed by atoms with E-state index in [0.717, 1.165) is 48.5 Å². The third-order valence-corrected chi connectivity index (χ3v) is 4.55. The maximum absolute atomic E-state index is 11.8.